The summed E-state index contributed by atoms with van der Waals surface area (Å²) < 4.78 is 5.14. The molecule has 3 nitrogen and oxygen atoms in total. The Bertz CT molecular complexity index is 178. The molecule has 0 radical (unpaired) electrons. The monoisotopic (exact) mass is 185 g/mol. The average molecular weight is 185 g/mol. The van der Waals surface area contributed by atoms with Crippen LogP contribution in [-0.4, -0.2) is 37.1 Å². The van der Waals surface area contributed by atoms with Crippen LogP contribution in [0.2, 0.25) is 0 Å². The Labute approximate surface area is 80.1 Å². The van der Waals surface area contributed by atoms with Gasteiger partial charge in [0.2, 0.25) is 5.91 Å². The minimum atomic E-state index is -0.188. The van der Waals surface area contributed by atoms with Gasteiger partial charge in [-0.2, -0.15) is 0 Å². The lowest BCUT2D eigenvalue weighted by Gasteiger charge is -2.42. The number of rotatable bonds is 4. The van der Waals surface area contributed by atoms with Crippen LogP contribution in [-0.2, 0) is 9.53 Å². The van der Waals surface area contributed by atoms with E-state index in [-0.39, 0.29) is 11.3 Å². The van der Waals surface area contributed by atoms with Crippen molar-refractivity contribution in [2.75, 3.05) is 26.3 Å². The smallest absolute Gasteiger partial charge is 0.233 e. The first-order valence-corrected chi connectivity index (χ1v) is 5.07. The molecule has 1 fully saturated rings. The van der Waals surface area contributed by atoms with Crippen molar-refractivity contribution in [3.63, 3.8) is 0 Å². The Morgan fingerprint density at radius 1 is 1.31 bits per heavy atom. The molecule has 0 bridgehead atoms. The van der Waals surface area contributed by atoms with Crippen LogP contribution in [0.1, 0.15) is 27.2 Å². The van der Waals surface area contributed by atoms with Crippen LogP contribution < -0.4 is 0 Å². The quantitative estimate of drug-likeness (QED) is 0.660. The van der Waals surface area contributed by atoms with Crippen LogP contribution in [0.4, 0.5) is 0 Å². The van der Waals surface area contributed by atoms with Crippen molar-refractivity contribution in [2.24, 2.45) is 5.41 Å². The van der Waals surface area contributed by atoms with Crippen molar-refractivity contribution in [3.05, 3.63) is 0 Å². The zero-order valence-corrected chi connectivity index (χ0v) is 8.80. The molecule has 1 rings (SSSR count). The number of carbonyl (C=O) groups is 1. The minimum absolute atomic E-state index is 0.188. The first-order valence-electron chi connectivity index (χ1n) is 5.07. The van der Waals surface area contributed by atoms with E-state index in [0.717, 1.165) is 19.5 Å². The highest BCUT2D eigenvalue weighted by atomic mass is 16.5. The Kier molecular flexibility index (Phi) is 3.31. The molecule has 0 atom stereocenters. The summed E-state index contributed by atoms with van der Waals surface area (Å²) >= 11 is 0. The molecule has 1 aliphatic heterocycles. The molecular formula is C10H19NO2. The molecule has 0 aromatic carbocycles. The van der Waals surface area contributed by atoms with Gasteiger partial charge in [-0.05, 0) is 20.3 Å². The van der Waals surface area contributed by atoms with Gasteiger partial charge in [0.1, 0.15) is 0 Å². The van der Waals surface area contributed by atoms with Gasteiger partial charge in [-0.3, -0.25) is 4.79 Å². The lowest BCUT2D eigenvalue weighted by Crippen LogP contribution is -2.54. The molecule has 1 amide bonds. The first-order chi connectivity index (χ1) is 6.20. The number of hydrogen-bond acceptors (Lipinski definition) is 2. The maximum Gasteiger partial charge on any atom is 0.233 e. The predicted octanol–water partition coefficient (Wildman–Crippen LogP) is 1.28. The van der Waals surface area contributed by atoms with Crippen LogP contribution in [0.25, 0.3) is 0 Å². The fraction of sp³-hybridized carbons (Fsp3) is 0.900. The van der Waals surface area contributed by atoms with Crippen molar-refractivity contribution in [1.82, 2.24) is 4.90 Å². The largest absolute Gasteiger partial charge is 0.379 e. The van der Waals surface area contributed by atoms with Gasteiger partial charge < -0.3 is 9.64 Å². The topological polar surface area (TPSA) is 29.5 Å². The van der Waals surface area contributed by atoms with Crippen LogP contribution in [0.15, 0.2) is 0 Å². The Morgan fingerprint density at radius 3 is 2.08 bits per heavy atom. The van der Waals surface area contributed by atoms with E-state index in [1.54, 1.807) is 0 Å². The summed E-state index contributed by atoms with van der Waals surface area (Å²) in [5, 5.41) is 0. The van der Waals surface area contributed by atoms with E-state index in [1.165, 1.54) is 0 Å². The molecule has 0 spiro atoms. The lowest BCUT2D eigenvalue weighted by molar-refractivity contribution is -0.172. The van der Waals surface area contributed by atoms with E-state index in [2.05, 4.69) is 6.92 Å². The van der Waals surface area contributed by atoms with Crippen LogP contribution in [0.3, 0.4) is 0 Å². The molecule has 0 aromatic heterocycles. The highest BCUT2D eigenvalue weighted by Gasteiger charge is 2.45. The number of hydrogen-bond donors (Lipinski definition) is 0. The Morgan fingerprint density at radius 2 is 1.85 bits per heavy atom. The van der Waals surface area contributed by atoms with Gasteiger partial charge in [0.15, 0.2) is 0 Å². The van der Waals surface area contributed by atoms with Crippen molar-refractivity contribution in [2.45, 2.75) is 27.2 Å². The molecule has 0 aliphatic carbocycles. The molecule has 1 saturated heterocycles. The van der Waals surface area contributed by atoms with Crippen LogP contribution >= 0.6 is 0 Å². The van der Waals surface area contributed by atoms with Crippen LogP contribution in [0.5, 0.6) is 0 Å². The third-order valence-electron chi connectivity index (χ3n) is 2.94. The fourth-order valence-corrected chi connectivity index (χ4v) is 1.67. The molecule has 1 aliphatic rings. The molecule has 13 heavy (non-hydrogen) atoms. The van der Waals surface area contributed by atoms with E-state index in [9.17, 15) is 4.79 Å². The summed E-state index contributed by atoms with van der Waals surface area (Å²) in [7, 11) is 0. The molecule has 1 heterocycles. The highest BCUT2D eigenvalue weighted by Crippen LogP contribution is 2.33. The van der Waals surface area contributed by atoms with Crippen molar-refractivity contribution in [1.29, 1.82) is 0 Å². The van der Waals surface area contributed by atoms with Crippen molar-refractivity contribution >= 4 is 5.91 Å². The summed E-state index contributed by atoms with van der Waals surface area (Å²) in [5.41, 5.74) is -0.188. The summed E-state index contributed by atoms with van der Waals surface area (Å²) in [4.78, 5) is 13.9. The molecule has 0 aromatic rings. The number of amides is 1. The summed E-state index contributed by atoms with van der Waals surface area (Å²) in [5.74, 6) is 0.270. The zero-order valence-electron chi connectivity index (χ0n) is 8.80. The second-order valence-electron chi connectivity index (χ2n) is 3.60. The van der Waals surface area contributed by atoms with Gasteiger partial charge >= 0.3 is 0 Å². The summed E-state index contributed by atoms with van der Waals surface area (Å²) in [6.07, 6.45) is 0.891. The predicted molar refractivity (Wildman–Crippen MR) is 51.5 cm³/mol. The molecule has 0 unspecified atom stereocenters. The second kappa shape index (κ2) is 4.09. The van der Waals surface area contributed by atoms with Gasteiger partial charge in [0, 0.05) is 13.1 Å². The Hall–Kier alpha value is -0.570. The molecule has 76 valence electrons. The minimum Gasteiger partial charge on any atom is -0.379 e. The van der Waals surface area contributed by atoms with Gasteiger partial charge in [0.05, 0.1) is 18.6 Å². The van der Waals surface area contributed by atoms with Gasteiger partial charge in [0.25, 0.3) is 0 Å². The van der Waals surface area contributed by atoms with Crippen molar-refractivity contribution < 1.29 is 9.53 Å². The number of nitrogens with zero attached hydrogens (tertiary/aromatic N) is 1. The SMILES string of the molecule is CCN(CC)C(=O)C1(CC)COC1. The van der Waals surface area contributed by atoms with Gasteiger partial charge in [-0.15, -0.1) is 0 Å². The summed E-state index contributed by atoms with van der Waals surface area (Å²) in [6, 6.07) is 0. The molecule has 0 saturated carbocycles. The maximum absolute atomic E-state index is 12.0. The maximum atomic E-state index is 12.0. The van der Waals surface area contributed by atoms with E-state index in [1.807, 2.05) is 18.7 Å². The van der Waals surface area contributed by atoms with Gasteiger partial charge in [-0.25, -0.2) is 0 Å². The third kappa shape index (κ3) is 1.70. The Balaban J connectivity index is 2.63. The van der Waals surface area contributed by atoms with E-state index >= 15 is 0 Å². The van der Waals surface area contributed by atoms with E-state index in [4.69, 9.17) is 4.74 Å². The normalized spacial score (nSPS) is 19.3. The molecule has 0 N–H and O–H groups in total. The standard InChI is InChI=1S/C10H19NO2/c1-4-10(7-13-8-10)9(12)11(5-2)6-3/h4-8H2,1-3H3. The third-order valence-corrected chi connectivity index (χ3v) is 2.94. The average Bonchev–Trinajstić information content (AvgIpc) is 2.05. The fourth-order valence-electron chi connectivity index (χ4n) is 1.67. The summed E-state index contributed by atoms with van der Waals surface area (Å²) in [6.45, 7) is 8.92. The van der Waals surface area contributed by atoms with Gasteiger partial charge in [-0.1, -0.05) is 6.92 Å². The number of ether oxygens (including phenoxy) is 1. The molecular weight excluding hydrogens is 166 g/mol. The second-order valence-corrected chi connectivity index (χ2v) is 3.60. The first kappa shape index (κ1) is 10.5. The lowest BCUT2D eigenvalue weighted by atomic mass is 9.81. The van der Waals surface area contributed by atoms with E-state index < -0.39 is 0 Å². The zero-order chi connectivity index (χ0) is 9.90. The number of carbonyl (C=O) groups excluding carboxylic acids is 1. The van der Waals surface area contributed by atoms with Crippen LogP contribution in [0, 0.1) is 5.41 Å². The molecule has 3 heteroatoms. The van der Waals surface area contributed by atoms with E-state index in [0.29, 0.717) is 13.2 Å². The highest BCUT2D eigenvalue weighted by molar-refractivity contribution is 5.83. The van der Waals surface area contributed by atoms with Crippen molar-refractivity contribution in [3.8, 4) is 0 Å².